The van der Waals surface area contributed by atoms with Gasteiger partial charge in [-0.05, 0) is 122 Å². The van der Waals surface area contributed by atoms with E-state index in [2.05, 4.69) is 172 Å². The van der Waals surface area contributed by atoms with E-state index in [0.717, 1.165) is 148 Å². The Labute approximate surface area is 495 Å². The maximum Gasteiger partial charge on any atom is 0.306 e. The highest BCUT2D eigenvalue weighted by molar-refractivity contribution is 5.70. The largest absolute Gasteiger partial charge is 0.545 e. The minimum absolute atomic E-state index is 0.134. The van der Waals surface area contributed by atoms with Crippen molar-refractivity contribution in [2.24, 2.45) is 0 Å². The van der Waals surface area contributed by atoms with Crippen LogP contribution in [0.4, 0.5) is 0 Å². The standard InChI is InChI=1S/C72H115NO8/c1-6-8-10-12-14-16-18-20-22-24-26-28-30-31-32-33-34-35-36-37-38-39-41-43-45-47-49-51-53-55-57-59-61-63-70(75)81-68(67-80-72(71(76)77)78-65-64-73(3,4)5)66-79-69(74)62-60-58-56-54-52-50-48-46-44-42-40-29-27-25-23-21-19-17-15-13-11-9-7-2/h8-11,14-17,20-23,26-29,31-32,34-35,37-38,41,43,47,49,68,72H,6-7,12-13,18-19,24-25,30,33,36,39-40,42,44-46,48,50-67H2,1-5H3/b10-8-,11-9-,16-14-,17-15-,22-20-,23-21-,28-26-,29-27-,32-31-,35-34-,38-37-,43-41-,49-47-. The highest BCUT2D eigenvalue weighted by Crippen LogP contribution is 2.14. The van der Waals surface area contributed by atoms with E-state index in [0.29, 0.717) is 17.4 Å². The van der Waals surface area contributed by atoms with Crippen molar-refractivity contribution in [1.29, 1.82) is 0 Å². The number of allylic oxidation sites excluding steroid dienone is 26. The van der Waals surface area contributed by atoms with Crippen LogP contribution in [0.15, 0.2) is 158 Å². The average Bonchev–Trinajstić information content (AvgIpc) is 3.44. The van der Waals surface area contributed by atoms with Crippen molar-refractivity contribution in [3.05, 3.63) is 158 Å². The summed E-state index contributed by atoms with van der Waals surface area (Å²) in [5, 5.41) is 11.8. The molecular weight excluding hydrogens is 1010 g/mol. The van der Waals surface area contributed by atoms with Crippen LogP contribution in [0.25, 0.3) is 0 Å². The van der Waals surface area contributed by atoms with E-state index >= 15 is 0 Å². The monoisotopic (exact) mass is 1120 g/mol. The predicted molar refractivity (Wildman–Crippen MR) is 342 cm³/mol. The van der Waals surface area contributed by atoms with E-state index in [-0.39, 0.29) is 38.6 Å². The van der Waals surface area contributed by atoms with Gasteiger partial charge in [-0.1, -0.05) is 242 Å². The molecule has 0 aromatic heterocycles. The smallest absolute Gasteiger partial charge is 0.306 e. The molecular formula is C72H115NO8. The van der Waals surface area contributed by atoms with E-state index in [9.17, 15) is 19.5 Å². The third kappa shape index (κ3) is 62.4. The molecule has 0 saturated carbocycles. The second-order valence-electron chi connectivity index (χ2n) is 21.6. The number of aliphatic carboxylic acids is 1. The average molecular weight is 1120 g/mol. The summed E-state index contributed by atoms with van der Waals surface area (Å²) >= 11 is 0. The topological polar surface area (TPSA) is 111 Å². The van der Waals surface area contributed by atoms with Gasteiger partial charge in [0, 0.05) is 12.8 Å². The number of hydrogen-bond acceptors (Lipinski definition) is 8. The van der Waals surface area contributed by atoms with Crippen molar-refractivity contribution in [2.45, 2.75) is 232 Å². The summed E-state index contributed by atoms with van der Waals surface area (Å²) in [4.78, 5) is 37.4. The van der Waals surface area contributed by atoms with Gasteiger partial charge in [0.25, 0.3) is 0 Å². The molecule has 0 amide bonds. The van der Waals surface area contributed by atoms with Crippen LogP contribution in [0.1, 0.15) is 219 Å². The molecule has 0 saturated heterocycles. The van der Waals surface area contributed by atoms with Crippen LogP contribution >= 0.6 is 0 Å². The van der Waals surface area contributed by atoms with E-state index < -0.39 is 24.3 Å². The van der Waals surface area contributed by atoms with Crippen molar-refractivity contribution in [1.82, 2.24) is 0 Å². The molecule has 0 heterocycles. The fourth-order valence-electron chi connectivity index (χ4n) is 7.99. The lowest BCUT2D eigenvalue weighted by Crippen LogP contribution is -2.44. The van der Waals surface area contributed by atoms with Crippen LogP contribution in [-0.2, 0) is 33.3 Å². The molecule has 0 aliphatic heterocycles. The molecule has 2 atom stereocenters. The Morgan fingerprint density at radius 3 is 0.988 bits per heavy atom. The Bertz CT molecular complexity index is 1880. The first-order valence-electron chi connectivity index (χ1n) is 31.6. The number of quaternary nitrogens is 1. The fraction of sp³-hybridized carbons (Fsp3) is 0.597. The van der Waals surface area contributed by atoms with Crippen molar-refractivity contribution in [3.63, 3.8) is 0 Å². The van der Waals surface area contributed by atoms with Crippen LogP contribution in [0.2, 0.25) is 0 Å². The fourth-order valence-corrected chi connectivity index (χ4v) is 7.99. The SMILES string of the molecule is CC/C=C\C/C=C\C/C=C\C/C=C\C/C=C\C/C=C\C/C=C\C/C=C\C/C=C\CCCCCCCC(=O)OC(COC(=O)CCCCCCCCCCCC/C=C\C/C=C\C/C=C\C/C=C\CC)COC(OCC[N+](C)(C)C)C(=O)[O-]. The zero-order valence-corrected chi connectivity index (χ0v) is 51.8. The van der Waals surface area contributed by atoms with Crippen LogP contribution < -0.4 is 5.11 Å². The van der Waals surface area contributed by atoms with Gasteiger partial charge in [0.1, 0.15) is 13.2 Å². The molecule has 0 bridgehead atoms. The summed E-state index contributed by atoms with van der Waals surface area (Å²) in [5.41, 5.74) is 0. The first kappa shape index (κ1) is 75.9. The zero-order valence-electron chi connectivity index (χ0n) is 51.8. The quantitative estimate of drug-likeness (QED) is 0.0195. The highest BCUT2D eigenvalue weighted by atomic mass is 16.7. The van der Waals surface area contributed by atoms with Gasteiger partial charge in [0.05, 0.1) is 40.3 Å². The third-order valence-electron chi connectivity index (χ3n) is 12.8. The summed E-state index contributed by atoms with van der Waals surface area (Å²) in [7, 11) is 5.90. The van der Waals surface area contributed by atoms with Crippen LogP contribution in [0, 0.1) is 0 Å². The normalized spacial score (nSPS) is 13.8. The Balaban J connectivity index is 4.30. The second kappa shape index (κ2) is 61.0. The molecule has 9 nitrogen and oxygen atoms in total. The second-order valence-corrected chi connectivity index (χ2v) is 21.6. The number of ether oxygens (including phenoxy) is 4. The van der Waals surface area contributed by atoms with Crippen LogP contribution in [0.5, 0.6) is 0 Å². The zero-order chi connectivity index (χ0) is 59.1. The minimum Gasteiger partial charge on any atom is -0.545 e. The molecule has 0 radical (unpaired) electrons. The molecule has 9 heteroatoms. The number of carboxylic acid groups (broad SMARTS) is 1. The summed E-state index contributed by atoms with van der Waals surface area (Å²) in [6, 6.07) is 0. The lowest BCUT2D eigenvalue weighted by molar-refractivity contribution is -0.870. The van der Waals surface area contributed by atoms with E-state index in [4.69, 9.17) is 18.9 Å². The number of nitrogens with zero attached hydrogens (tertiary/aromatic N) is 1. The lowest BCUT2D eigenvalue weighted by atomic mass is 10.1. The molecule has 81 heavy (non-hydrogen) atoms. The van der Waals surface area contributed by atoms with Gasteiger partial charge in [-0.2, -0.15) is 0 Å². The number of unbranched alkanes of at least 4 members (excludes halogenated alkanes) is 15. The van der Waals surface area contributed by atoms with Gasteiger partial charge in [0.2, 0.25) is 0 Å². The summed E-state index contributed by atoms with van der Waals surface area (Å²) in [6.07, 6.45) is 87.2. The molecule has 0 aliphatic carbocycles. The Morgan fingerprint density at radius 2 is 0.667 bits per heavy atom. The molecule has 456 valence electrons. The number of carbonyl (C=O) groups is 3. The maximum atomic E-state index is 12.9. The minimum atomic E-state index is -1.64. The molecule has 0 fully saturated rings. The van der Waals surface area contributed by atoms with E-state index in [1.54, 1.807) is 0 Å². The molecule has 0 rings (SSSR count). The molecule has 0 aliphatic rings. The Hall–Kier alpha value is -5.09. The van der Waals surface area contributed by atoms with Gasteiger partial charge >= 0.3 is 11.9 Å². The number of likely N-dealkylation sites (N-methyl/N-ethyl adjacent to an activating group) is 1. The Kier molecular flexibility index (Phi) is 57.2. The predicted octanol–water partition coefficient (Wildman–Crippen LogP) is 18.0. The number of rotatable bonds is 56. The summed E-state index contributed by atoms with van der Waals surface area (Å²) in [5.74, 6) is -2.33. The number of hydrogen-bond donors (Lipinski definition) is 0. The molecule has 0 spiro atoms. The lowest BCUT2D eigenvalue weighted by Gasteiger charge is -2.26. The van der Waals surface area contributed by atoms with Gasteiger partial charge < -0.3 is 33.3 Å². The first-order chi connectivity index (χ1) is 39.6. The van der Waals surface area contributed by atoms with E-state index in [1.165, 1.54) is 38.5 Å². The van der Waals surface area contributed by atoms with E-state index in [1.807, 2.05) is 21.1 Å². The van der Waals surface area contributed by atoms with Gasteiger partial charge in [-0.25, -0.2) is 0 Å². The van der Waals surface area contributed by atoms with Crippen molar-refractivity contribution >= 4 is 17.9 Å². The van der Waals surface area contributed by atoms with Crippen molar-refractivity contribution in [2.75, 3.05) is 47.5 Å². The number of carbonyl (C=O) groups excluding carboxylic acids is 3. The molecule has 0 aromatic carbocycles. The molecule has 0 N–H and O–H groups in total. The highest BCUT2D eigenvalue weighted by Gasteiger charge is 2.22. The van der Waals surface area contributed by atoms with Gasteiger partial charge in [-0.15, -0.1) is 0 Å². The van der Waals surface area contributed by atoms with Crippen LogP contribution in [-0.4, -0.2) is 82.3 Å². The van der Waals surface area contributed by atoms with Gasteiger partial charge in [-0.3, -0.25) is 9.59 Å². The first-order valence-corrected chi connectivity index (χ1v) is 31.6. The number of carboxylic acids is 1. The molecule has 2 unspecified atom stereocenters. The van der Waals surface area contributed by atoms with Crippen molar-refractivity contribution in [3.8, 4) is 0 Å². The number of esters is 2. The molecule has 0 aromatic rings. The summed E-state index contributed by atoms with van der Waals surface area (Å²) < 4.78 is 22.7. The Morgan fingerprint density at radius 1 is 0.370 bits per heavy atom. The van der Waals surface area contributed by atoms with Crippen LogP contribution in [0.3, 0.4) is 0 Å². The van der Waals surface area contributed by atoms with Crippen molar-refractivity contribution < 1.29 is 42.9 Å². The van der Waals surface area contributed by atoms with Gasteiger partial charge in [0.15, 0.2) is 12.4 Å². The third-order valence-corrected chi connectivity index (χ3v) is 12.8. The maximum absolute atomic E-state index is 12.9. The summed E-state index contributed by atoms with van der Waals surface area (Å²) in [6.45, 7) is 4.47.